The van der Waals surface area contributed by atoms with E-state index < -0.39 is 4.92 Å². The molecule has 0 saturated carbocycles. The Kier molecular flexibility index (Phi) is 4.20. The van der Waals surface area contributed by atoms with Crippen molar-refractivity contribution in [2.24, 2.45) is 4.99 Å². The summed E-state index contributed by atoms with van der Waals surface area (Å²) in [5.74, 6) is 0. The Morgan fingerprint density at radius 3 is 2.78 bits per heavy atom. The third kappa shape index (κ3) is 2.82. The number of rotatable bonds is 2. The van der Waals surface area contributed by atoms with Crippen LogP contribution < -0.4 is 0 Å². The number of aromatic nitrogens is 1. The van der Waals surface area contributed by atoms with Crippen LogP contribution in [0.5, 0.6) is 0 Å². The average molecular weight is 299 g/mol. The molecule has 0 aliphatic rings. The van der Waals surface area contributed by atoms with Crippen molar-refractivity contribution in [2.45, 2.75) is 0 Å². The second-order valence-corrected chi connectivity index (χ2v) is 6.05. The van der Waals surface area contributed by atoms with E-state index in [0.717, 1.165) is 14.6 Å². The molecule has 0 fully saturated rings. The van der Waals surface area contributed by atoms with E-state index in [0.29, 0.717) is 5.13 Å². The summed E-state index contributed by atoms with van der Waals surface area (Å²) < 4.78 is 1.70. The quantitative estimate of drug-likeness (QED) is 0.364. The Morgan fingerprint density at radius 2 is 2.17 bits per heavy atom. The summed E-state index contributed by atoms with van der Waals surface area (Å²) in [4.78, 5) is 19.0. The van der Waals surface area contributed by atoms with Crippen LogP contribution in [-0.2, 0) is 0 Å². The fourth-order valence-corrected chi connectivity index (χ4v) is 3.33. The molecule has 1 aromatic carbocycles. The first-order chi connectivity index (χ1) is 8.63. The summed E-state index contributed by atoms with van der Waals surface area (Å²) in [6, 6.07) is 4.64. The van der Waals surface area contributed by atoms with Crippen LogP contribution in [0, 0.1) is 10.1 Å². The lowest BCUT2D eigenvalue weighted by molar-refractivity contribution is -0.384. The van der Waals surface area contributed by atoms with Crippen molar-refractivity contribution in [3.63, 3.8) is 0 Å². The maximum atomic E-state index is 10.7. The maximum Gasteiger partial charge on any atom is 0.270 e. The molecule has 0 aliphatic carbocycles. The van der Waals surface area contributed by atoms with Gasteiger partial charge in [0.05, 0.1) is 15.1 Å². The molecule has 18 heavy (non-hydrogen) atoms. The lowest BCUT2D eigenvalue weighted by Crippen LogP contribution is -1.85. The van der Waals surface area contributed by atoms with Crippen molar-refractivity contribution < 1.29 is 4.92 Å². The largest absolute Gasteiger partial charge is 0.270 e. The molecule has 2 aromatic rings. The van der Waals surface area contributed by atoms with Crippen LogP contribution in [0.1, 0.15) is 0 Å². The van der Waals surface area contributed by atoms with Gasteiger partial charge in [-0.25, -0.2) is 9.98 Å². The second-order valence-electron chi connectivity index (χ2n) is 3.19. The highest BCUT2D eigenvalue weighted by Crippen LogP contribution is 2.32. The van der Waals surface area contributed by atoms with Crippen LogP contribution >= 0.6 is 34.9 Å². The zero-order valence-electron chi connectivity index (χ0n) is 9.61. The average Bonchev–Trinajstić information content (AvgIpc) is 2.76. The molecular weight excluding hydrogens is 290 g/mol. The smallest absolute Gasteiger partial charge is 0.258 e. The number of thiazole rings is 1. The van der Waals surface area contributed by atoms with E-state index in [1.807, 2.05) is 12.5 Å². The highest BCUT2D eigenvalue weighted by atomic mass is 32.2. The number of hydrogen-bond donors (Lipinski definition) is 0. The predicted octanol–water partition coefficient (Wildman–Crippen LogP) is 3.92. The fourth-order valence-electron chi connectivity index (χ4n) is 1.32. The monoisotopic (exact) mass is 299 g/mol. The van der Waals surface area contributed by atoms with Crippen LogP contribution in [0.25, 0.3) is 10.2 Å². The van der Waals surface area contributed by atoms with Gasteiger partial charge in [-0.1, -0.05) is 11.3 Å². The van der Waals surface area contributed by atoms with Gasteiger partial charge in [-0.2, -0.15) is 0 Å². The standard InChI is InChI=1S/C10H9N3O2S3/c1-16-10(17-2)12-9-11-7-4-3-6(13(14)15)5-8(7)18-9/h3-5H,1-2H3. The van der Waals surface area contributed by atoms with Crippen LogP contribution in [-0.4, -0.2) is 26.8 Å². The Labute approximate surface area is 116 Å². The van der Waals surface area contributed by atoms with E-state index in [1.165, 1.54) is 23.5 Å². The van der Waals surface area contributed by atoms with Crippen LogP contribution in [0.3, 0.4) is 0 Å². The third-order valence-electron chi connectivity index (χ3n) is 2.11. The Bertz CT molecular complexity index is 618. The molecule has 8 heteroatoms. The molecular formula is C10H9N3O2S3. The Hall–Kier alpha value is -1.12. The first-order valence-corrected chi connectivity index (χ1v) is 8.12. The fraction of sp³-hybridized carbons (Fsp3) is 0.200. The van der Waals surface area contributed by atoms with Crippen molar-refractivity contribution >= 4 is 60.3 Å². The third-order valence-corrected chi connectivity index (χ3v) is 4.90. The number of non-ortho nitro benzene ring substituents is 1. The van der Waals surface area contributed by atoms with E-state index in [-0.39, 0.29) is 5.69 Å². The second kappa shape index (κ2) is 5.68. The molecule has 0 bridgehead atoms. The van der Waals surface area contributed by atoms with Crippen molar-refractivity contribution in [3.05, 3.63) is 28.3 Å². The zero-order chi connectivity index (χ0) is 13.1. The topological polar surface area (TPSA) is 68.4 Å². The van der Waals surface area contributed by atoms with E-state index in [1.54, 1.807) is 29.6 Å². The molecule has 1 aromatic heterocycles. The molecule has 0 N–H and O–H groups in total. The van der Waals surface area contributed by atoms with Crippen LogP contribution in [0.15, 0.2) is 23.2 Å². The molecule has 0 saturated heterocycles. The number of nitro benzene ring substituents is 1. The van der Waals surface area contributed by atoms with Gasteiger partial charge in [-0.15, -0.1) is 23.5 Å². The molecule has 0 amide bonds. The Balaban J connectivity index is 2.44. The summed E-state index contributed by atoms with van der Waals surface area (Å²) in [7, 11) is 0. The van der Waals surface area contributed by atoms with E-state index in [4.69, 9.17) is 0 Å². The van der Waals surface area contributed by atoms with Gasteiger partial charge in [0.2, 0.25) is 5.13 Å². The minimum absolute atomic E-state index is 0.0802. The van der Waals surface area contributed by atoms with E-state index in [9.17, 15) is 10.1 Å². The van der Waals surface area contributed by atoms with Gasteiger partial charge in [0.1, 0.15) is 4.38 Å². The molecule has 0 radical (unpaired) electrons. The van der Waals surface area contributed by atoms with Crippen molar-refractivity contribution in [2.75, 3.05) is 12.5 Å². The number of hydrogen-bond acceptors (Lipinski definition) is 7. The van der Waals surface area contributed by atoms with Crippen LogP contribution in [0.4, 0.5) is 10.8 Å². The van der Waals surface area contributed by atoms with Crippen molar-refractivity contribution in [3.8, 4) is 0 Å². The molecule has 0 unspecified atom stereocenters. The lowest BCUT2D eigenvalue weighted by atomic mass is 10.3. The molecule has 2 rings (SSSR count). The zero-order valence-corrected chi connectivity index (χ0v) is 12.1. The summed E-state index contributed by atoms with van der Waals surface area (Å²) >= 11 is 4.47. The first kappa shape index (κ1) is 13.3. The minimum Gasteiger partial charge on any atom is -0.258 e. The number of benzene rings is 1. The van der Waals surface area contributed by atoms with E-state index >= 15 is 0 Å². The lowest BCUT2D eigenvalue weighted by Gasteiger charge is -1.93. The van der Waals surface area contributed by atoms with Gasteiger partial charge in [-0.05, 0) is 18.6 Å². The summed E-state index contributed by atoms with van der Waals surface area (Å²) in [5.41, 5.74) is 0.822. The highest BCUT2D eigenvalue weighted by Gasteiger charge is 2.10. The summed E-state index contributed by atoms with van der Waals surface area (Å²) in [6.45, 7) is 0. The van der Waals surface area contributed by atoms with Gasteiger partial charge < -0.3 is 0 Å². The number of fused-ring (bicyclic) bond motifs is 1. The van der Waals surface area contributed by atoms with Gasteiger partial charge in [0.15, 0.2) is 0 Å². The predicted molar refractivity (Wildman–Crippen MR) is 80.4 cm³/mol. The van der Waals surface area contributed by atoms with Gasteiger partial charge in [-0.3, -0.25) is 10.1 Å². The number of aliphatic imine (C=N–C) groups is 1. The van der Waals surface area contributed by atoms with Crippen molar-refractivity contribution in [1.82, 2.24) is 4.98 Å². The molecule has 1 heterocycles. The minimum atomic E-state index is -0.405. The van der Waals surface area contributed by atoms with E-state index in [2.05, 4.69) is 9.98 Å². The SMILES string of the molecule is CSC(=Nc1nc2ccc([N+](=O)[O-])cc2s1)SC. The molecule has 94 valence electrons. The summed E-state index contributed by atoms with van der Waals surface area (Å²) in [5, 5.41) is 11.3. The van der Waals surface area contributed by atoms with Gasteiger partial charge in [0.25, 0.3) is 5.69 Å². The van der Waals surface area contributed by atoms with Crippen molar-refractivity contribution in [1.29, 1.82) is 0 Å². The molecule has 0 aliphatic heterocycles. The van der Waals surface area contributed by atoms with Gasteiger partial charge >= 0.3 is 0 Å². The number of nitro groups is 1. The molecule has 0 spiro atoms. The van der Waals surface area contributed by atoms with Crippen LogP contribution in [0.2, 0.25) is 0 Å². The number of nitrogens with zero attached hydrogens (tertiary/aromatic N) is 3. The summed E-state index contributed by atoms with van der Waals surface area (Å²) in [6.07, 6.45) is 3.90. The first-order valence-electron chi connectivity index (χ1n) is 4.85. The molecule has 0 atom stereocenters. The normalized spacial score (nSPS) is 10.6. The van der Waals surface area contributed by atoms with Gasteiger partial charge in [0, 0.05) is 12.1 Å². The maximum absolute atomic E-state index is 10.7. The highest BCUT2D eigenvalue weighted by molar-refractivity contribution is 8.38. The number of thioether (sulfide) groups is 2. The Morgan fingerprint density at radius 1 is 1.44 bits per heavy atom. The molecule has 5 nitrogen and oxygen atoms in total.